The Bertz CT molecular complexity index is 488. The summed E-state index contributed by atoms with van der Waals surface area (Å²) in [7, 11) is 0. The average Bonchev–Trinajstić information content (AvgIpc) is 2.68. The molecule has 0 aromatic carbocycles. The van der Waals surface area contributed by atoms with E-state index >= 15 is 0 Å². The highest BCUT2D eigenvalue weighted by atomic mass is 32.1. The van der Waals surface area contributed by atoms with Crippen LogP contribution in [0.15, 0.2) is 16.5 Å². The molecule has 0 radical (unpaired) electrons. The summed E-state index contributed by atoms with van der Waals surface area (Å²) in [6.07, 6.45) is 5.82. The molecule has 1 aromatic heterocycles. The molecule has 0 aliphatic heterocycles. The van der Waals surface area contributed by atoms with Crippen LogP contribution in [0.1, 0.15) is 50.0 Å². The number of hydrogen-bond donors (Lipinski definition) is 2. The summed E-state index contributed by atoms with van der Waals surface area (Å²) in [5.41, 5.74) is 5.22. The Kier molecular flexibility index (Phi) is 4.81. The van der Waals surface area contributed by atoms with E-state index in [-0.39, 0.29) is 5.91 Å². The highest BCUT2D eigenvalue weighted by Gasteiger charge is 2.41. The van der Waals surface area contributed by atoms with Crippen LogP contribution >= 0.6 is 12.2 Å². The number of aryl methyl sites for hydroxylation is 1. The number of carbonyl (C=O) groups excluding carboxylic acids is 1. The molecule has 0 atom stereocenters. The Balaban J connectivity index is 2.05. The Morgan fingerprint density at radius 2 is 2.00 bits per heavy atom. The normalized spacial score (nSPS) is 18.2. The van der Waals surface area contributed by atoms with Gasteiger partial charge in [-0.05, 0) is 31.9 Å². The maximum absolute atomic E-state index is 12.6. The second kappa shape index (κ2) is 6.39. The lowest BCUT2D eigenvalue weighted by Gasteiger charge is -2.30. The van der Waals surface area contributed by atoms with Crippen LogP contribution in [0, 0.1) is 12.3 Å². The molecule has 1 aliphatic rings. The van der Waals surface area contributed by atoms with Gasteiger partial charge in [0.05, 0.1) is 16.9 Å². The maximum atomic E-state index is 12.6. The van der Waals surface area contributed by atoms with Crippen molar-refractivity contribution >= 4 is 23.1 Å². The van der Waals surface area contributed by atoms with Crippen LogP contribution in [0.5, 0.6) is 0 Å². The Morgan fingerprint density at radius 3 is 2.50 bits per heavy atom. The standard InChI is InChI=1S/C15H22N2O2S/c1-11-6-7-12(19-11)10-17-14(18)15(13(16)20)8-4-2-3-5-9-15/h6-7H,2-5,8-10H2,1H3,(H2,16,20)(H,17,18). The zero-order chi connectivity index (χ0) is 14.6. The minimum Gasteiger partial charge on any atom is -0.465 e. The van der Waals surface area contributed by atoms with Crippen LogP contribution < -0.4 is 11.1 Å². The third-order valence-corrected chi connectivity index (χ3v) is 4.47. The van der Waals surface area contributed by atoms with Gasteiger partial charge in [0.2, 0.25) is 5.91 Å². The summed E-state index contributed by atoms with van der Waals surface area (Å²) in [4.78, 5) is 12.9. The van der Waals surface area contributed by atoms with Crippen molar-refractivity contribution in [1.29, 1.82) is 0 Å². The first-order valence-corrected chi connectivity index (χ1v) is 7.59. The number of hydrogen-bond acceptors (Lipinski definition) is 3. The van der Waals surface area contributed by atoms with Crippen LogP contribution in [0.3, 0.4) is 0 Å². The van der Waals surface area contributed by atoms with E-state index in [2.05, 4.69) is 5.32 Å². The van der Waals surface area contributed by atoms with Gasteiger partial charge in [-0.25, -0.2) is 0 Å². The van der Waals surface area contributed by atoms with E-state index < -0.39 is 5.41 Å². The molecule has 1 heterocycles. The summed E-state index contributed by atoms with van der Waals surface area (Å²) >= 11 is 5.19. The lowest BCUT2D eigenvalue weighted by Crippen LogP contribution is -2.48. The summed E-state index contributed by atoms with van der Waals surface area (Å²) in [5.74, 6) is 1.54. The van der Waals surface area contributed by atoms with Gasteiger partial charge in [-0.15, -0.1) is 0 Å². The van der Waals surface area contributed by atoms with Crippen molar-refractivity contribution < 1.29 is 9.21 Å². The summed E-state index contributed by atoms with van der Waals surface area (Å²) in [6.45, 7) is 2.27. The molecule has 110 valence electrons. The Morgan fingerprint density at radius 1 is 1.35 bits per heavy atom. The van der Waals surface area contributed by atoms with Gasteiger partial charge in [-0.1, -0.05) is 37.9 Å². The smallest absolute Gasteiger partial charge is 0.233 e. The third-order valence-electron chi connectivity index (χ3n) is 4.08. The molecule has 0 spiro atoms. The summed E-state index contributed by atoms with van der Waals surface area (Å²) < 4.78 is 5.46. The highest BCUT2D eigenvalue weighted by Crippen LogP contribution is 2.35. The molecule has 5 heteroatoms. The monoisotopic (exact) mass is 294 g/mol. The average molecular weight is 294 g/mol. The molecule has 0 unspecified atom stereocenters. The lowest BCUT2D eigenvalue weighted by atomic mass is 9.79. The number of nitrogens with one attached hydrogen (secondary N) is 1. The molecule has 1 aliphatic carbocycles. The van der Waals surface area contributed by atoms with Gasteiger partial charge in [0.1, 0.15) is 11.5 Å². The van der Waals surface area contributed by atoms with E-state index in [0.717, 1.165) is 50.0 Å². The Labute approximate surface area is 125 Å². The van der Waals surface area contributed by atoms with Crippen LogP contribution in [-0.2, 0) is 11.3 Å². The van der Waals surface area contributed by atoms with Crippen molar-refractivity contribution in [2.75, 3.05) is 0 Å². The third kappa shape index (κ3) is 3.20. The highest BCUT2D eigenvalue weighted by molar-refractivity contribution is 7.80. The predicted octanol–water partition coefficient (Wildman–Crippen LogP) is 2.83. The molecule has 1 saturated carbocycles. The predicted molar refractivity (Wildman–Crippen MR) is 82.2 cm³/mol. The molecule has 1 fully saturated rings. The number of nitrogens with two attached hydrogens (primary N) is 1. The SMILES string of the molecule is Cc1ccc(CNC(=O)C2(C(N)=S)CCCCCC2)o1. The van der Waals surface area contributed by atoms with Gasteiger partial charge >= 0.3 is 0 Å². The first kappa shape index (κ1) is 15.0. The molecule has 4 nitrogen and oxygen atoms in total. The molecular formula is C15H22N2O2S. The first-order valence-electron chi connectivity index (χ1n) is 7.18. The van der Waals surface area contributed by atoms with Crippen molar-refractivity contribution in [3.05, 3.63) is 23.7 Å². The van der Waals surface area contributed by atoms with Crippen molar-refractivity contribution in [3.8, 4) is 0 Å². The Hall–Kier alpha value is -1.36. The van der Waals surface area contributed by atoms with Crippen molar-refractivity contribution in [2.45, 2.75) is 52.0 Å². The zero-order valence-corrected chi connectivity index (χ0v) is 12.7. The summed E-state index contributed by atoms with van der Waals surface area (Å²) in [5, 5.41) is 2.93. The van der Waals surface area contributed by atoms with E-state index in [4.69, 9.17) is 22.4 Å². The number of thiocarbonyl (C=S) groups is 1. The van der Waals surface area contributed by atoms with Crippen molar-refractivity contribution in [3.63, 3.8) is 0 Å². The van der Waals surface area contributed by atoms with Crippen molar-refractivity contribution in [2.24, 2.45) is 11.1 Å². The molecule has 1 aromatic rings. The van der Waals surface area contributed by atoms with E-state index in [1.165, 1.54) is 0 Å². The van der Waals surface area contributed by atoms with Gasteiger partial charge in [-0.3, -0.25) is 4.79 Å². The van der Waals surface area contributed by atoms with Gasteiger partial charge < -0.3 is 15.5 Å². The molecule has 2 rings (SSSR count). The van der Waals surface area contributed by atoms with Crippen LogP contribution in [-0.4, -0.2) is 10.9 Å². The lowest BCUT2D eigenvalue weighted by molar-refractivity contribution is -0.128. The first-order chi connectivity index (χ1) is 9.54. The van der Waals surface area contributed by atoms with E-state index in [9.17, 15) is 4.79 Å². The van der Waals surface area contributed by atoms with Gasteiger partial charge in [0, 0.05) is 0 Å². The second-order valence-electron chi connectivity index (χ2n) is 5.56. The quantitative estimate of drug-likeness (QED) is 0.662. The van der Waals surface area contributed by atoms with Crippen LogP contribution in [0.25, 0.3) is 0 Å². The number of rotatable bonds is 4. The van der Waals surface area contributed by atoms with Crippen molar-refractivity contribution in [1.82, 2.24) is 5.32 Å². The number of furan rings is 1. The van der Waals surface area contributed by atoms with Gasteiger partial charge in [0.15, 0.2) is 0 Å². The molecule has 0 bridgehead atoms. The fourth-order valence-electron chi connectivity index (χ4n) is 2.83. The van der Waals surface area contributed by atoms with E-state index in [0.29, 0.717) is 11.5 Å². The minimum absolute atomic E-state index is 0.0547. The topological polar surface area (TPSA) is 68.3 Å². The fourth-order valence-corrected chi connectivity index (χ4v) is 3.13. The van der Waals surface area contributed by atoms with Crippen LogP contribution in [0.2, 0.25) is 0 Å². The van der Waals surface area contributed by atoms with Crippen LogP contribution in [0.4, 0.5) is 0 Å². The van der Waals surface area contributed by atoms with Gasteiger partial charge in [-0.2, -0.15) is 0 Å². The van der Waals surface area contributed by atoms with Gasteiger partial charge in [0.25, 0.3) is 0 Å². The number of amides is 1. The molecular weight excluding hydrogens is 272 g/mol. The maximum Gasteiger partial charge on any atom is 0.233 e. The summed E-state index contributed by atoms with van der Waals surface area (Å²) in [6, 6.07) is 3.76. The zero-order valence-electron chi connectivity index (χ0n) is 11.9. The molecule has 3 N–H and O–H groups in total. The molecule has 0 saturated heterocycles. The molecule has 20 heavy (non-hydrogen) atoms. The van der Waals surface area contributed by atoms with E-state index in [1.54, 1.807) is 0 Å². The second-order valence-corrected chi connectivity index (χ2v) is 6.00. The molecule has 1 amide bonds. The minimum atomic E-state index is -0.673. The van der Waals surface area contributed by atoms with E-state index in [1.807, 2.05) is 19.1 Å². The largest absolute Gasteiger partial charge is 0.465 e. The fraction of sp³-hybridized carbons (Fsp3) is 0.600. The number of carbonyl (C=O) groups is 1.